The van der Waals surface area contributed by atoms with E-state index in [9.17, 15) is 9.59 Å². The van der Waals surface area contributed by atoms with Crippen molar-refractivity contribution in [3.63, 3.8) is 0 Å². The zero-order chi connectivity index (χ0) is 17.5. The monoisotopic (exact) mass is 331 g/mol. The van der Waals surface area contributed by atoms with E-state index in [-0.39, 0.29) is 11.7 Å². The molecule has 0 atom stereocenters. The Labute approximate surface area is 141 Å². The highest BCUT2D eigenvalue weighted by atomic mass is 16.6. The molecule has 6 nitrogen and oxygen atoms in total. The van der Waals surface area contributed by atoms with Crippen molar-refractivity contribution in [3.05, 3.63) is 33.6 Å². The lowest BCUT2D eigenvalue weighted by Gasteiger charge is -2.34. The van der Waals surface area contributed by atoms with Crippen molar-refractivity contribution in [2.45, 2.75) is 52.1 Å². The van der Waals surface area contributed by atoms with Gasteiger partial charge in [0, 0.05) is 13.1 Å². The van der Waals surface area contributed by atoms with Crippen LogP contribution in [0.4, 0.5) is 4.79 Å². The van der Waals surface area contributed by atoms with E-state index >= 15 is 0 Å². The summed E-state index contributed by atoms with van der Waals surface area (Å²) in [5, 5.41) is 6.25. The number of ether oxygens (including phenoxy) is 1. The molecular weight excluding hydrogens is 306 g/mol. The number of hydrogen-bond acceptors (Lipinski definition) is 3. The van der Waals surface area contributed by atoms with Gasteiger partial charge in [-0.05, 0) is 69.7 Å². The molecule has 0 aliphatic carbocycles. The van der Waals surface area contributed by atoms with Crippen LogP contribution in [0.3, 0.4) is 0 Å². The number of H-pyrrole nitrogens is 2. The third-order valence-electron chi connectivity index (χ3n) is 4.55. The fraction of sp³-hybridized carbons (Fsp3) is 0.556. The molecule has 1 aliphatic heterocycles. The molecule has 0 bridgehead atoms. The van der Waals surface area contributed by atoms with E-state index in [2.05, 4.69) is 16.3 Å². The maximum atomic E-state index is 12.2. The van der Waals surface area contributed by atoms with Gasteiger partial charge < -0.3 is 9.64 Å². The minimum atomic E-state index is -0.463. The highest BCUT2D eigenvalue weighted by Crippen LogP contribution is 2.32. The van der Waals surface area contributed by atoms with Crippen LogP contribution in [-0.4, -0.2) is 39.9 Å². The topological polar surface area (TPSA) is 78.2 Å². The fourth-order valence-electron chi connectivity index (χ4n) is 3.35. The molecule has 1 amide bonds. The molecule has 0 saturated carbocycles. The minimum absolute atomic E-state index is 0.0839. The van der Waals surface area contributed by atoms with E-state index in [0.717, 1.165) is 23.9 Å². The predicted molar refractivity (Wildman–Crippen MR) is 93.4 cm³/mol. The molecule has 24 heavy (non-hydrogen) atoms. The number of nitrogens with one attached hydrogen (secondary N) is 2. The van der Waals surface area contributed by atoms with Gasteiger partial charge >= 0.3 is 6.09 Å². The number of hydrogen-bond donors (Lipinski definition) is 2. The summed E-state index contributed by atoms with van der Waals surface area (Å²) in [6.07, 6.45) is 1.57. The van der Waals surface area contributed by atoms with E-state index in [1.165, 1.54) is 5.56 Å². The Balaban J connectivity index is 1.72. The van der Waals surface area contributed by atoms with E-state index in [0.29, 0.717) is 24.4 Å². The molecule has 0 spiro atoms. The van der Waals surface area contributed by atoms with Crippen molar-refractivity contribution in [1.82, 2.24) is 15.1 Å². The van der Waals surface area contributed by atoms with Gasteiger partial charge in [0.1, 0.15) is 5.60 Å². The first-order valence-corrected chi connectivity index (χ1v) is 8.43. The van der Waals surface area contributed by atoms with E-state index in [4.69, 9.17) is 4.74 Å². The molecule has 1 aromatic carbocycles. The second kappa shape index (κ2) is 6.00. The number of rotatable bonds is 1. The Morgan fingerprint density at radius 2 is 1.88 bits per heavy atom. The normalized spacial score (nSPS) is 16.6. The van der Waals surface area contributed by atoms with Crippen LogP contribution in [0.15, 0.2) is 16.9 Å². The van der Waals surface area contributed by atoms with Crippen LogP contribution < -0.4 is 5.56 Å². The smallest absolute Gasteiger partial charge is 0.410 e. The van der Waals surface area contributed by atoms with Crippen LogP contribution in [0.5, 0.6) is 0 Å². The van der Waals surface area contributed by atoms with Crippen molar-refractivity contribution in [3.8, 4) is 0 Å². The predicted octanol–water partition coefficient (Wildman–Crippen LogP) is 3.28. The van der Waals surface area contributed by atoms with Crippen LogP contribution in [0.2, 0.25) is 0 Å². The molecule has 1 aliphatic rings. The summed E-state index contributed by atoms with van der Waals surface area (Å²) < 4.78 is 5.45. The molecule has 130 valence electrons. The van der Waals surface area contributed by atoms with Gasteiger partial charge in [0.2, 0.25) is 0 Å². The lowest BCUT2D eigenvalue weighted by Crippen LogP contribution is -2.41. The number of likely N-dealkylation sites (tertiary alicyclic amines) is 1. The molecular formula is C18H25N3O3. The summed E-state index contributed by atoms with van der Waals surface area (Å²) in [5.41, 5.74) is 2.68. The van der Waals surface area contributed by atoms with Crippen molar-refractivity contribution < 1.29 is 9.53 Å². The number of aromatic nitrogens is 2. The van der Waals surface area contributed by atoms with Crippen molar-refractivity contribution >= 4 is 17.0 Å². The number of piperidine rings is 1. The number of fused-ring (bicyclic) bond motifs is 1. The fourth-order valence-corrected chi connectivity index (χ4v) is 3.35. The number of nitrogens with zero attached hydrogens (tertiary/aromatic N) is 1. The first kappa shape index (κ1) is 16.6. The maximum Gasteiger partial charge on any atom is 0.410 e. The zero-order valence-corrected chi connectivity index (χ0v) is 14.7. The molecule has 2 N–H and O–H groups in total. The summed E-state index contributed by atoms with van der Waals surface area (Å²) in [7, 11) is 0. The minimum Gasteiger partial charge on any atom is -0.444 e. The van der Waals surface area contributed by atoms with E-state index < -0.39 is 5.60 Å². The SMILES string of the molecule is Cc1cc2c(=O)[nH][nH]c2cc1C1CCN(C(=O)OC(C)(C)C)CC1. The summed E-state index contributed by atoms with van der Waals surface area (Å²) in [6.45, 7) is 9.08. The third kappa shape index (κ3) is 3.32. The van der Waals surface area contributed by atoms with Gasteiger partial charge in [-0.15, -0.1) is 0 Å². The number of aryl methyl sites for hydroxylation is 1. The quantitative estimate of drug-likeness (QED) is 0.842. The maximum absolute atomic E-state index is 12.2. The Hall–Kier alpha value is -2.24. The molecule has 6 heteroatoms. The Kier molecular flexibility index (Phi) is 4.15. The van der Waals surface area contributed by atoms with Gasteiger partial charge in [0.25, 0.3) is 5.56 Å². The molecule has 2 heterocycles. The first-order chi connectivity index (χ1) is 11.2. The van der Waals surface area contributed by atoms with Gasteiger partial charge in [-0.1, -0.05) is 0 Å². The molecule has 3 rings (SSSR count). The summed E-state index contributed by atoms with van der Waals surface area (Å²) in [5.74, 6) is 0.395. The number of aromatic amines is 2. The molecule has 1 fully saturated rings. The Bertz CT molecular complexity index is 805. The van der Waals surface area contributed by atoms with Crippen molar-refractivity contribution in [2.24, 2.45) is 0 Å². The number of carbonyl (C=O) groups is 1. The van der Waals surface area contributed by atoms with Gasteiger partial charge in [0.05, 0.1) is 10.9 Å². The summed E-state index contributed by atoms with van der Waals surface area (Å²) in [6, 6.07) is 4.01. The molecule has 2 aromatic rings. The lowest BCUT2D eigenvalue weighted by molar-refractivity contribution is 0.0205. The standard InChI is InChI=1S/C18H25N3O3/c1-11-9-14-15(19-20-16(14)22)10-13(11)12-5-7-21(8-6-12)17(23)24-18(2,3)4/h9-10,12H,5-8H2,1-4H3,(H2,19,20,22). The first-order valence-electron chi connectivity index (χ1n) is 8.43. The second-order valence-corrected chi connectivity index (χ2v) is 7.58. The van der Waals surface area contributed by atoms with Crippen LogP contribution in [0.1, 0.15) is 50.7 Å². The largest absolute Gasteiger partial charge is 0.444 e. The van der Waals surface area contributed by atoms with Crippen LogP contribution >= 0.6 is 0 Å². The molecule has 1 saturated heterocycles. The van der Waals surface area contributed by atoms with Gasteiger partial charge in [-0.3, -0.25) is 15.0 Å². The Morgan fingerprint density at radius 3 is 2.50 bits per heavy atom. The summed E-state index contributed by atoms with van der Waals surface area (Å²) in [4.78, 5) is 25.7. The van der Waals surface area contributed by atoms with Gasteiger partial charge in [0.15, 0.2) is 0 Å². The van der Waals surface area contributed by atoms with Crippen LogP contribution in [-0.2, 0) is 4.74 Å². The van der Waals surface area contributed by atoms with Crippen molar-refractivity contribution in [1.29, 1.82) is 0 Å². The number of amides is 1. The molecule has 0 unspecified atom stereocenters. The van der Waals surface area contributed by atoms with E-state index in [1.807, 2.05) is 33.8 Å². The van der Waals surface area contributed by atoms with Crippen molar-refractivity contribution in [2.75, 3.05) is 13.1 Å². The third-order valence-corrected chi connectivity index (χ3v) is 4.55. The number of carbonyl (C=O) groups excluding carboxylic acids is 1. The van der Waals surface area contributed by atoms with E-state index in [1.54, 1.807) is 4.90 Å². The highest BCUT2D eigenvalue weighted by Gasteiger charge is 2.28. The molecule has 1 aromatic heterocycles. The second-order valence-electron chi connectivity index (χ2n) is 7.58. The number of benzene rings is 1. The van der Waals surface area contributed by atoms with Crippen LogP contribution in [0.25, 0.3) is 10.9 Å². The Morgan fingerprint density at radius 1 is 1.21 bits per heavy atom. The van der Waals surface area contributed by atoms with Crippen LogP contribution in [0, 0.1) is 6.92 Å². The molecule has 0 radical (unpaired) electrons. The van der Waals surface area contributed by atoms with Gasteiger partial charge in [-0.2, -0.15) is 0 Å². The summed E-state index contributed by atoms with van der Waals surface area (Å²) >= 11 is 0. The van der Waals surface area contributed by atoms with Gasteiger partial charge in [-0.25, -0.2) is 4.79 Å². The average molecular weight is 331 g/mol. The lowest BCUT2D eigenvalue weighted by atomic mass is 9.86. The zero-order valence-electron chi connectivity index (χ0n) is 14.7. The highest BCUT2D eigenvalue weighted by molar-refractivity contribution is 5.79. The average Bonchev–Trinajstić information content (AvgIpc) is 2.86.